The second kappa shape index (κ2) is 8.18. The molecule has 0 aromatic heterocycles. The summed E-state index contributed by atoms with van der Waals surface area (Å²) in [5, 5.41) is 11.6. The van der Waals surface area contributed by atoms with E-state index in [1.165, 1.54) is 7.11 Å². The minimum Gasteiger partial charge on any atom is -0.467 e. The maximum absolute atomic E-state index is 12.0. The van der Waals surface area contributed by atoms with Gasteiger partial charge in [-0.05, 0) is 37.1 Å². The number of ether oxygens (including phenoxy) is 1. The predicted molar refractivity (Wildman–Crippen MR) is 74.2 cm³/mol. The third kappa shape index (κ3) is 4.90. The van der Waals surface area contributed by atoms with Gasteiger partial charge in [-0.15, -0.1) is 0 Å². The van der Waals surface area contributed by atoms with E-state index in [1.54, 1.807) is 24.3 Å². The van der Waals surface area contributed by atoms with Gasteiger partial charge in [0.15, 0.2) is 0 Å². The molecule has 1 rings (SSSR count). The lowest BCUT2D eigenvalue weighted by Gasteiger charge is -2.15. The normalized spacial score (nSPS) is 11.2. The topological polar surface area (TPSA) is 79.2 Å². The van der Waals surface area contributed by atoms with Crippen molar-refractivity contribution < 1.29 is 14.3 Å². The first kappa shape index (κ1) is 16.0. The van der Waals surface area contributed by atoms with Gasteiger partial charge in [0.05, 0.1) is 13.2 Å². The van der Waals surface area contributed by atoms with Gasteiger partial charge < -0.3 is 10.1 Å². The molecule has 0 bridgehead atoms. The van der Waals surface area contributed by atoms with Gasteiger partial charge in [-0.1, -0.05) is 11.6 Å². The molecule has 5 nitrogen and oxygen atoms in total. The number of unbranched alkanes of at least 4 members (excludes halogenated alkanes) is 1. The maximum Gasteiger partial charge on any atom is 0.328 e. The Labute approximate surface area is 122 Å². The fourth-order valence-electron chi connectivity index (χ4n) is 1.62. The number of hydrogen-bond acceptors (Lipinski definition) is 4. The molecule has 0 heterocycles. The number of hydrogen-bond donors (Lipinski definition) is 1. The molecular weight excluding hydrogens is 280 g/mol. The number of methoxy groups -OCH3 is 1. The average Bonchev–Trinajstić information content (AvgIpc) is 2.46. The Morgan fingerprint density at radius 1 is 1.40 bits per heavy atom. The Hall–Kier alpha value is -2.06. The predicted octanol–water partition coefficient (Wildman–Crippen LogP) is 2.31. The van der Waals surface area contributed by atoms with Gasteiger partial charge in [-0.2, -0.15) is 5.26 Å². The molecule has 1 N–H and O–H groups in total. The summed E-state index contributed by atoms with van der Waals surface area (Å²) in [7, 11) is 1.26. The molecule has 0 aliphatic heterocycles. The van der Waals surface area contributed by atoms with E-state index < -0.39 is 12.0 Å². The van der Waals surface area contributed by atoms with E-state index in [2.05, 4.69) is 10.1 Å². The van der Waals surface area contributed by atoms with Gasteiger partial charge in [0.25, 0.3) is 5.91 Å². The lowest BCUT2D eigenvalue weighted by atomic mass is 10.1. The zero-order chi connectivity index (χ0) is 15.0. The summed E-state index contributed by atoms with van der Waals surface area (Å²) in [6.07, 6.45) is 1.20. The average molecular weight is 295 g/mol. The Morgan fingerprint density at radius 2 is 2.05 bits per heavy atom. The largest absolute Gasteiger partial charge is 0.467 e. The highest BCUT2D eigenvalue weighted by atomic mass is 35.5. The highest BCUT2D eigenvalue weighted by molar-refractivity contribution is 6.30. The van der Waals surface area contributed by atoms with Crippen LogP contribution in [0.25, 0.3) is 0 Å². The Bertz CT molecular complexity index is 508. The van der Waals surface area contributed by atoms with E-state index in [0.717, 1.165) is 0 Å². The van der Waals surface area contributed by atoms with E-state index in [0.29, 0.717) is 29.8 Å². The summed E-state index contributed by atoms with van der Waals surface area (Å²) in [6.45, 7) is 0. The lowest BCUT2D eigenvalue weighted by Crippen LogP contribution is -2.41. The van der Waals surface area contributed by atoms with Crippen LogP contribution >= 0.6 is 11.6 Å². The number of nitrogens with zero attached hydrogens (tertiary/aromatic N) is 1. The van der Waals surface area contributed by atoms with Crippen molar-refractivity contribution >= 4 is 23.5 Å². The first-order valence-electron chi connectivity index (χ1n) is 6.09. The van der Waals surface area contributed by atoms with Crippen LogP contribution in [0.2, 0.25) is 5.02 Å². The van der Waals surface area contributed by atoms with Crippen molar-refractivity contribution in [1.82, 2.24) is 5.32 Å². The monoisotopic (exact) mass is 294 g/mol. The van der Waals surface area contributed by atoms with E-state index >= 15 is 0 Å². The van der Waals surface area contributed by atoms with Crippen molar-refractivity contribution in [1.29, 1.82) is 5.26 Å². The molecule has 0 unspecified atom stereocenters. The second-order valence-corrected chi connectivity index (χ2v) is 4.54. The zero-order valence-corrected chi connectivity index (χ0v) is 11.8. The smallest absolute Gasteiger partial charge is 0.328 e. The summed E-state index contributed by atoms with van der Waals surface area (Å²) in [4.78, 5) is 23.6. The van der Waals surface area contributed by atoms with Gasteiger partial charge >= 0.3 is 5.97 Å². The first-order valence-corrected chi connectivity index (χ1v) is 6.47. The summed E-state index contributed by atoms with van der Waals surface area (Å²) in [5.74, 6) is -0.903. The SMILES string of the molecule is COC(=O)[C@@H](CCCC#N)NC(=O)c1ccc(Cl)cc1. The maximum atomic E-state index is 12.0. The number of rotatable bonds is 6. The first-order chi connectivity index (χ1) is 9.58. The van der Waals surface area contributed by atoms with Crippen molar-refractivity contribution in [3.05, 3.63) is 34.9 Å². The minimum absolute atomic E-state index is 0.324. The van der Waals surface area contributed by atoms with Crippen LogP contribution in [0.1, 0.15) is 29.6 Å². The van der Waals surface area contributed by atoms with Crippen molar-refractivity contribution in [3.63, 3.8) is 0 Å². The van der Waals surface area contributed by atoms with Crippen LogP contribution in [0.5, 0.6) is 0 Å². The molecule has 0 aliphatic rings. The van der Waals surface area contributed by atoms with Gasteiger partial charge in [-0.25, -0.2) is 4.79 Å². The number of carbonyl (C=O) groups is 2. The van der Waals surface area contributed by atoms with Gasteiger partial charge in [0, 0.05) is 17.0 Å². The summed E-state index contributed by atoms with van der Waals surface area (Å²) in [5.41, 5.74) is 0.406. The molecule has 1 aromatic rings. The quantitative estimate of drug-likeness (QED) is 0.645. The molecule has 20 heavy (non-hydrogen) atoms. The van der Waals surface area contributed by atoms with E-state index in [9.17, 15) is 9.59 Å². The molecule has 0 spiro atoms. The van der Waals surface area contributed by atoms with Crippen molar-refractivity contribution in [2.75, 3.05) is 7.11 Å². The van der Waals surface area contributed by atoms with Crippen LogP contribution in [-0.4, -0.2) is 25.0 Å². The van der Waals surface area contributed by atoms with Crippen LogP contribution in [0, 0.1) is 11.3 Å². The number of benzene rings is 1. The number of amides is 1. The number of nitriles is 1. The number of carbonyl (C=O) groups excluding carboxylic acids is 2. The standard InChI is InChI=1S/C14H15ClN2O3/c1-20-14(19)12(4-2-3-9-16)17-13(18)10-5-7-11(15)8-6-10/h5-8,12H,2-4H2,1H3,(H,17,18)/t12-/m1/s1. The van der Waals surface area contributed by atoms with Crippen LogP contribution < -0.4 is 5.32 Å². The minimum atomic E-state index is -0.753. The van der Waals surface area contributed by atoms with Crippen LogP contribution in [-0.2, 0) is 9.53 Å². The van der Waals surface area contributed by atoms with Crippen LogP contribution in [0.4, 0.5) is 0 Å². The molecule has 1 aromatic carbocycles. The van der Waals surface area contributed by atoms with Crippen LogP contribution in [0.3, 0.4) is 0 Å². The highest BCUT2D eigenvalue weighted by Gasteiger charge is 2.21. The number of halogens is 1. The van der Waals surface area contributed by atoms with E-state index in [-0.39, 0.29) is 5.91 Å². The molecular formula is C14H15ClN2O3. The van der Waals surface area contributed by atoms with Crippen molar-refractivity contribution in [3.8, 4) is 6.07 Å². The van der Waals surface area contributed by atoms with Gasteiger partial charge in [0.2, 0.25) is 0 Å². The highest BCUT2D eigenvalue weighted by Crippen LogP contribution is 2.10. The lowest BCUT2D eigenvalue weighted by molar-refractivity contribution is -0.143. The van der Waals surface area contributed by atoms with Crippen LogP contribution in [0.15, 0.2) is 24.3 Å². The van der Waals surface area contributed by atoms with E-state index in [4.69, 9.17) is 16.9 Å². The fraction of sp³-hybridized carbons (Fsp3) is 0.357. The molecule has 0 radical (unpaired) electrons. The third-order valence-electron chi connectivity index (χ3n) is 2.68. The Morgan fingerprint density at radius 3 is 2.60 bits per heavy atom. The molecule has 1 atom stereocenters. The summed E-state index contributed by atoms with van der Waals surface area (Å²) < 4.78 is 4.64. The van der Waals surface area contributed by atoms with Gasteiger partial charge in [-0.3, -0.25) is 4.79 Å². The number of esters is 1. The van der Waals surface area contributed by atoms with Crippen molar-refractivity contribution in [2.45, 2.75) is 25.3 Å². The molecule has 0 fully saturated rings. The number of nitrogens with one attached hydrogen (secondary N) is 1. The molecule has 1 amide bonds. The van der Waals surface area contributed by atoms with Gasteiger partial charge in [0.1, 0.15) is 6.04 Å². The Kier molecular flexibility index (Phi) is 6.54. The second-order valence-electron chi connectivity index (χ2n) is 4.11. The zero-order valence-electron chi connectivity index (χ0n) is 11.1. The summed E-state index contributed by atoms with van der Waals surface area (Å²) >= 11 is 5.74. The molecule has 0 saturated carbocycles. The molecule has 106 valence electrons. The molecule has 0 saturated heterocycles. The fourth-order valence-corrected chi connectivity index (χ4v) is 1.75. The summed E-state index contributed by atoms with van der Waals surface area (Å²) in [6, 6.07) is 7.57. The third-order valence-corrected chi connectivity index (χ3v) is 2.93. The molecule has 6 heteroatoms. The van der Waals surface area contributed by atoms with Crippen molar-refractivity contribution in [2.24, 2.45) is 0 Å². The van der Waals surface area contributed by atoms with E-state index in [1.807, 2.05) is 6.07 Å². The Balaban J connectivity index is 2.68. The molecule has 0 aliphatic carbocycles.